The van der Waals surface area contributed by atoms with Gasteiger partial charge in [-0.25, -0.2) is 0 Å². The molecule has 2 aliphatic heterocycles. The van der Waals surface area contributed by atoms with Gasteiger partial charge in [0.1, 0.15) is 0 Å². The molecule has 0 unspecified atom stereocenters. The van der Waals surface area contributed by atoms with Crippen molar-refractivity contribution in [3.8, 4) is 11.5 Å². The predicted molar refractivity (Wildman–Crippen MR) is 105 cm³/mol. The van der Waals surface area contributed by atoms with Crippen molar-refractivity contribution in [2.45, 2.75) is 32.2 Å². The number of carbonyl (C=O) groups is 1. The summed E-state index contributed by atoms with van der Waals surface area (Å²) in [5, 5.41) is 3.00. The molecule has 1 saturated heterocycles. The molecule has 2 aromatic carbocycles. The minimum Gasteiger partial charge on any atom is -0.454 e. The van der Waals surface area contributed by atoms with Crippen LogP contribution in [0.3, 0.4) is 0 Å². The minimum absolute atomic E-state index is 0.0235. The summed E-state index contributed by atoms with van der Waals surface area (Å²) in [7, 11) is 0. The SMILES string of the molecule is C[C@H](C(=O)Nc1ccc2c(c1)OCO2)N1CCC(Cc2ccccc2)CC1. The van der Waals surface area contributed by atoms with Crippen LogP contribution < -0.4 is 14.8 Å². The zero-order chi connectivity index (χ0) is 18.6. The molecule has 27 heavy (non-hydrogen) atoms. The molecule has 142 valence electrons. The number of hydrogen-bond donors (Lipinski definition) is 1. The normalized spacial score (nSPS) is 18.3. The fraction of sp³-hybridized carbons (Fsp3) is 0.409. The molecule has 0 saturated carbocycles. The quantitative estimate of drug-likeness (QED) is 0.877. The number of hydrogen-bond acceptors (Lipinski definition) is 4. The van der Waals surface area contributed by atoms with Crippen molar-refractivity contribution in [3.63, 3.8) is 0 Å². The second-order valence-electron chi connectivity index (χ2n) is 7.40. The van der Waals surface area contributed by atoms with Crippen LogP contribution in [0.15, 0.2) is 48.5 Å². The first-order valence-corrected chi connectivity index (χ1v) is 9.67. The van der Waals surface area contributed by atoms with E-state index in [9.17, 15) is 4.79 Å². The number of benzene rings is 2. The Kier molecular flexibility index (Phi) is 5.30. The van der Waals surface area contributed by atoms with Gasteiger partial charge in [-0.15, -0.1) is 0 Å². The van der Waals surface area contributed by atoms with Gasteiger partial charge in [0.2, 0.25) is 12.7 Å². The van der Waals surface area contributed by atoms with Gasteiger partial charge in [0.15, 0.2) is 11.5 Å². The van der Waals surface area contributed by atoms with Gasteiger partial charge in [0.05, 0.1) is 6.04 Å². The molecular formula is C22H26N2O3. The second kappa shape index (κ2) is 8.01. The maximum atomic E-state index is 12.7. The lowest BCUT2D eigenvalue weighted by Gasteiger charge is -2.35. The minimum atomic E-state index is -0.145. The zero-order valence-corrected chi connectivity index (χ0v) is 15.7. The fourth-order valence-electron chi connectivity index (χ4n) is 3.88. The first-order chi connectivity index (χ1) is 13.2. The van der Waals surface area contributed by atoms with Gasteiger partial charge in [-0.3, -0.25) is 9.69 Å². The Morgan fingerprint density at radius 2 is 1.85 bits per heavy atom. The molecule has 1 amide bonds. The topological polar surface area (TPSA) is 50.8 Å². The van der Waals surface area contributed by atoms with E-state index in [0.717, 1.165) is 43.8 Å². The first kappa shape index (κ1) is 17.9. The van der Waals surface area contributed by atoms with Gasteiger partial charge < -0.3 is 14.8 Å². The molecule has 4 rings (SSSR count). The van der Waals surface area contributed by atoms with E-state index in [1.165, 1.54) is 5.56 Å². The third-order valence-electron chi connectivity index (χ3n) is 5.58. The molecule has 0 aromatic heterocycles. The van der Waals surface area contributed by atoms with Crippen molar-refractivity contribution in [1.29, 1.82) is 0 Å². The van der Waals surface area contributed by atoms with Crippen LogP contribution in [0.2, 0.25) is 0 Å². The van der Waals surface area contributed by atoms with Gasteiger partial charge >= 0.3 is 0 Å². The highest BCUT2D eigenvalue weighted by atomic mass is 16.7. The van der Waals surface area contributed by atoms with Crippen molar-refractivity contribution in [2.24, 2.45) is 5.92 Å². The number of piperidine rings is 1. The highest BCUT2D eigenvalue weighted by Gasteiger charge is 2.27. The lowest BCUT2D eigenvalue weighted by Crippen LogP contribution is -2.46. The molecule has 1 atom stereocenters. The van der Waals surface area contributed by atoms with E-state index in [4.69, 9.17) is 9.47 Å². The number of likely N-dealkylation sites (tertiary alicyclic amines) is 1. The van der Waals surface area contributed by atoms with Crippen LogP contribution >= 0.6 is 0 Å². The number of nitrogens with zero attached hydrogens (tertiary/aromatic N) is 1. The van der Waals surface area contributed by atoms with Crippen LogP contribution in [-0.2, 0) is 11.2 Å². The van der Waals surface area contributed by atoms with Gasteiger partial charge in [-0.05, 0) is 62.9 Å². The van der Waals surface area contributed by atoms with Crippen LogP contribution in [0.25, 0.3) is 0 Å². The number of ether oxygens (including phenoxy) is 2. The first-order valence-electron chi connectivity index (χ1n) is 9.67. The van der Waals surface area contributed by atoms with E-state index in [2.05, 4.69) is 40.5 Å². The van der Waals surface area contributed by atoms with Crippen molar-refractivity contribution in [1.82, 2.24) is 4.90 Å². The Balaban J connectivity index is 1.28. The maximum absolute atomic E-state index is 12.7. The average Bonchev–Trinajstić information content (AvgIpc) is 3.16. The van der Waals surface area contributed by atoms with E-state index >= 15 is 0 Å². The lowest BCUT2D eigenvalue weighted by molar-refractivity contribution is -0.121. The van der Waals surface area contributed by atoms with Crippen LogP contribution in [0, 0.1) is 5.92 Å². The smallest absolute Gasteiger partial charge is 0.241 e. The summed E-state index contributed by atoms with van der Waals surface area (Å²) < 4.78 is 10.7. The third-order valence-corrected chi connectivity index (χ3v) is 5.58. The zero-order valence-electron chi connectivity index (χ0n) is 15.7. The average molecular weight is 366 g/mol. The maximum Gasteiger partial charge on any atom is 0.241 e. The second-order valence-corrected chi connectivity index (χ2v) is 7.40. The molecule has 1 N–H and O–H groups in total. The predicted octanol–water partition coefficient (Wildman–Crippen LogP) is 3.70. The van der Waals surface area contributed by atoms with E-state index in [1.54, 1.807) is 0 Å². The van der Waals surface area contributed by atoms with Gasteiger partial charge in [-0.1, -0.05) is 30.3 Å². The Morgan fingerprint density at radius 1 is 1.11 bits per heavy atom. The number of anilines is 1. The summed E-state index contributed by atoms with van der Waals surface area (Å²) in [6, 6.07) is 16.0. The van der Waals surface area contributed by atoms with E-state index in [1.807, 2.05) is 25.1 Å². The summed E-state index contributed by atoms with van der Waals surface area (Å²) in [5.41, 5.74) is 2.15. The van der Waals surface area contributed by atoms with E-state index in [-0.39, 0.29) is 18.7 Å². The molecule has 0 aliphatic carbocycles. The summed E-state index contributed by atoms with van der Waals surface area (Å²) in [6.07, 6.45) is 3.40. The molecule has 0 spiro atoms. The number of amides is 1. The van der Waals surface area contributed by atoms with Crippen molar-refractivity contribution < 1.29 is 14.3 Å². The molecule has 5 nitrogen and oxygen atoms in total. The van der Waals surface area contributed by atoms with Crippen molar-refractivity contribution in [2.75, 3.05) is 25.2 Å². The van der Waals surface area contributed by atoms with Crippen molar-refractivity contribution in [3.05, 3.63) is 54.1 Å². The van der Waals surface area contributed by atoms with Gasteiger partial charge in [-0.2, -0.15) is 0 Å². The Morgan fingerprint density at radius 3 is 2.63 bits per heavy atom. The standard InChI is InChI=1S/C22H26N2O3/c1-16(22(25)23-19-7-8-20-21(14-19)27-15-26-20)24-11-9-18(10-12-24)13-17-5-3-2-4-6-17/h2-8,14,16,18H,9-13,15H2,1H3,(H,23,25)/t16-/m1/s1. The van der Waals surface area contributed by atoms with E-state index < -0.39 is 0 Å². The Bertz CT molecular complexity index is 785. The number of nitrogens with one attached hydrogen (secondary N) is 1. The molecule has 0 radical (unpaired) electrons. The molecule has 2 aliphatic rings. The van der Waals surface area contributed by atoms with Crippen LogP contribution in [0.5, 0.6) is 11.5 Å². The lowest BCUT2D eigenvalue weighted by atomic mass is 9.89. The van der Waals surface area contributed by atoms with Crippen molar-refractivity contribution >= 4 is 11.6 Å². The number of rotatable bonds is 5. The number of carbonyl (C=O) groups excluding carboxylic acids is 1. The molecule has 1 fully saturated rings. The summed E-state index contributed by atoms with van der Waals surface area (Å²) in [5.74, 6) is 2.13. The third kappa shape index (κ3) is 4.25. The summed E-state index contributed by atoms with van der Waals surface area (Å²) >= 11 is 0. The Hall–Kier alpha value is -2.53. The molecule has 2 aromatic rings. The molecule has 0 bridgehead atoms. The molecular weight excluding hydrogens is 340 g/mol. The van der Waals surface area contributed by atoms with Gasteiger partial charge in [0, 0.05) is 11.8 Å². The largest absolute Gasteiger partial charge is 0.454 e. The number of fused-ring (bicyclic) bond motifs is 1. The molecule has 5 heteroatoms. The van der Waals surface area contributed by atoms with Gasteiger partial charge in [0.25, 0.3) is 0 Å². The summed E-state index contributed by atoms with van der Waals surface area (Å²) in [6.45, 7) is 4.15. The fourth-order valence-corrected chi connectivity index (χ4v) is 3.88. The van der Waals surface area contributed by atoms with E-state index in [0.29, 0.717) is 11.7 Å². The monoisotopic (exact) mass is 366 g/mol. The highest BCUT2D eigenvalue weighted by molar-refractivity contribution is 5.94. The van der Waals surface area contributed by atoms with Crippen LogP contribution in [0.1, 0.15) is 25.3 Å². The highest BCUT2D eigenvalue weighted by Crippen LogP contribution is 2.34. The van der Waals surface area contributed by atoms with Crippen LogP contribution in [0.4, 0.5) is 5.69 Å². The summed E-state index contributed by atoms with van der Waals surface area (Å²) in [4.78, 5) is 14.9. The Labute approximate surface area is 160 Å². The van der Waals surface area contributed by atoms with Crippen LogP contribution in [-0.4, -0.2) is 36.7 Å². The molecule has 2 heterocycles.